The van der Waals surface area contributed by atoms with E-state index in [2.05, 4.69) is 37.0 Å². The molecule has 0 radical (unpaired) electrons. The van der Waals surface area contributed by atoms with Crippen molar-refractivity contribution in [3.05, 3.63) is 17.2 Å². The number of allylic oxidation sites excluding steroid dienone is 2. The predicted octanol–water partition coefficient (Wildman–Crippen LogP) is 1.92. The molecule has 0 bridgehead atoms. The fraction of sp³-hybridized carbons (Fsp3) is 0.545. The van der Waals surface area contributed by atoms with E-state index in [9.17, 15) is 0 Å². The molecule has 0 N–H and O–H groups in total. The van der Waals surface area contributed by atoms with Crippen LogP contribution in [0.2, 0.25) is 0 Å². The third kappa shape index (κ3) is 1.35. The Labute approximate surface area is 89.2 Å². The normalized spacial score (nSPS) is 15.4. The van der Waals surface area contributed by atoms with Gasteiger partial charge in [0.05, 0.1) is 5.57 Å². The number of aryl methyl sites for hydroxylation is 1. The van der Waals surface area contributed by atoms with Gasteiger partial charge in [-0.1, -0.05) is 20.8 Å². The van der Waals surface area contributed by atoms with Gasteiger partial charge in [-0.15, -0.1) is 10.2 Å². The molecule has 2 heterocycles. The van der Waals surface area contributed by atoms with Gasteiger partial charge in [0.1, 0.15) is 11.9 Å². The van der Waals surface area contributed by atoms with E-state index in [0.717, 1.165) is 23.8 Å². The molecule has 2 rings (SSSR count). The maximum atomic E-state index is 9.17. The second-order valence-corrected chi connectivity index (χ2v) is 4.87. The third-order valence-corrected chi connectivity index (χ3v) is 2.79. The minimum Gasteiger partial charge on any atom is -0.306 e. The van der Waals surface area contributed by atoms with Gasteiger partial charge in [0.25, 0.3) is 0 Å². The average molecular weight is 202 g/mol. The smallest absolute Gasteiger partial charge is 0.174 e. The molecule has 0 saturated carbocycles. The zero-order valence-electron chi connectivity index (χ0n) is 9.50. The molecule has 1 aromatic rings. The number of rotatable bonds is 0. The molecule has 4 heteroatoms. The fourth-order valence-corrected chi connectivity index (χ4v) is 1.86. The van der Waals surface area contributed by atoms with Crippen LogP contribution < -0.4 is 0 Å². The van der Waals surface area contributed by atoms with Gasteiger partial charge in [-0.2, -0.15) is 5.26 Å². The molecule has 0 unspecified atom stereocenters. The lowest BCUT2D eigenvalue weighted by Gasteiger charge is -2.20. The molecular weight excluding hydrogens is 188 g/mol. The van der Waals surface area contributed by atoms with Crippen LogP contribution in [0.4, 0.5) is 0 Å². The van der Waals surface area contributed by atoms with E-state index >= 15 is 0 Å². The first-order chi connectivity index (χ1) is 6.95. The molecule has 1 aliphatic heterocycles. The number of aromatic nitrogens is 3. The Morgan fingerprint density at radius 1 is 1.33 bits per heavy atom. The van der Waals surface area contributed by atoms with Gasteiger partial charge in [-0.05, 0) is 17.9 Å². The number of hydrogen-bond acceptors (Lipinski definition) is 3. The minimum absolute atomic E-state index is 0.0121. The molecule has 0 amide bonds. The monoisotopic (exact) mass is 202 g/mol. The first-order valence-corrected chi connectivity index (χ1v) is 4.99. The largest absolute Gasteiger partial charge is 0.306 e. The van der Waals surface area contributed by atoms with Crippen LogP contribution in [-0.2, 0) is 6.54 Å². The summed E-state index contributed by atoms with van der Waals surface area (Å²) in [7, 11) is 0. The molecule has 0 aromatic carbocycles. The molecule has 0 atom stereocenters. The van der Waals surface area contributed by atoms with E-state index in [1.807, 2.05) is 11.5 Å². The van der Waals surface area contributed by atoms with E-state index in [4.69, 9.17) is 5.26 Å². The first-order valence-electron chi connectivity index (χ1n) is 4.99. The standard InChI is InChI=1S/C11H14N4/c1-7-13-14-10-8(5-12)9(6-15(7)10)11(2,3)4/h6H2,1-4H3. The van der Waals surface area contributed by atoms with Gasteiger partial charge in [0.15, 0.2) is 5.82 Å². The van der Waals surface area contributed by atoms with Crippen molar-refractivity contribution in [2.45, 2.75) is 34.2 Å². The Balaban J connectivity index is 2.59. The molecule has 0 aliphatic carbocycles. The quantitative estimate of drug-likeness (QED) is 0.645. The van der Waals surface area contributed by atoms with Gasteiger partial charge < -0.3 is 4.57 Å². The van der Waals surface area contributed by atoms with Gasteiger partial charge in [-0.25, -0.2) is 0 Å². The summed E-state index contributed by atoms with van der Waals surface area (Å²) in [6, 6.07) is 2.25. The van der Waals surface area contributed by atoms with Crippen molar-refractivity contribution in [3.8, 4) is 6.07 Å². The molecule has 0 fully saturated rings. The highest BCUT2D eigenvalue weighted by atomic mass is 15.3. The topological polar surface area (TPSA) is 54.5 Å². The highest BCUT2D eigenvalue weighted by Crippen LogP contribution is 2.37. The number of nitriles is 1. The average Bonchev–Trinajstić information content (AvgIpc) is 2.64. The van der Waals surface area contributed by atoms with Gasteiger partial charge >= 0.3 is 0 Å². The molecule has 0 spiro atoms. The molecule has 0 saturated heterocycles. The van der Waals surface area contributed by atoms with E-state index in [-0.39, 0.29) is 5.41 Å². The minimum atomic E-state index is 0.0121. The molecular formula is C11H14N4. The van der Waals surface area contributed by atoms with E-state index < -0.39 is 0 Å². The molecule has 15 heavy (non-hydrogen) atoms. The van der Waals surface area contributed by atoms with Crippen LogP contribution in [0.25, 0.3) is 5.57 Å². The van der Waals surface area contributed by atoms with Gasteiger partial charge in [-0.3, -0.25) is 0 Å². The lowest BCUT2D eigenvalue weighted by Crippen LogP contribution is -2.12. The van der Waals surface area contributed by atoms with Crippen molar-refractivity contribution in [1.29, 1.82) is 5.26 Å². The van der Waals surface area contributed by atoms with Crippen LogP contribution >= 0.6 is 0 Å². The summed E-state index contributed by atoms with van der Waals surface area (Å²) in [5.41, 5.74) is 1.86. The van der Waals surface area contributed by atoms with Crippen LogP contribution in [0.3, 0.4) is 0 Å². The maximum absolute atomic E-state index is 9.17. The molecule has 1 aromatic heterocycles. The van der Waals surface area contributed by atoms with Crippen LogP contribution in [0.5, 0.6) is 0 Å². The Hall–Kier alpha value is -1.63. The van der Waals surface area contributed by atoms with Crippen molar-refractivity contribution in [3.63, 3.8) is 0 Å². The Morgan fingerprint density at radius 2 is 2.00 bits per heavy atom. The SMILES string of the molecule is Cc1nnc2n1CC(C(C)(C)C)=C2C#N. The van der Waals surface area contributed by atoms with Crippen LogP contribution in [0, 0.1) is 23.7 Å². The molecule has 4 nitrogen and oxygen atoms in total. The second kappa shape index (κ2) is 2.93. The lowest BCUT2D eigenvalue weighted by molar-refractivity contribution is 0.478. The number of fused-ring (bicyclic) bond motifs is 1. The number of hydrogen-bond donors (Lipinski definition) is 0. The number of nitrogens with zero attached hydrogens (tertiary/aromatic N) is 4. The molecule has 1 aliphatic rings. The summed E-state index contributed by atoms with van der Waals surface area (Å²) >= 11 is 0. The Morgan fingerprint density at radius 3 is 2.53 bits per heavy atom. The van der Waals surface area contributed by atoms with Gasteiger partial charge in [0, 0.05) is 6.54 Å². The highest BCUT2D eigenvalue weighted by molar-refractivity contribution is 5.78. The van der Waals surface area contributed by atoms with Crippen LogP contribution in [-0.4, -0.2) is 14.8 Å². The Kier molecular flexibility index (Phi) is 1.93. The van der Waals surface area contributed by atoms with Crippen molar-refractivity contribution < 1.29 is 0 Å². The summed E-state index contributed by atoms with van der Waals surface area (Å²) in [4.78, 5) is 0. The van der Waals surface area contributed by atoms with E-state index in [1.165, 1.54) is 0 Å². The van der Waals surface area contributed by atoms with Crippen molar-refractivity contribution in [2.75, 3.05) is 0 Å². The predicted molar refractivity (Wildman–Crippen MR) is 56.7 cm³/mol. The fourth-order valence-electron chi connectivity index (χ4n) is 1.86. The highest BCUT2D eigenvalue weighted by Gasteiger charge is 2.31. The second-order valence-electron chi connectivity index (χ2n) is 4.87. The lowest BCUT2D eigenvalue weighted by atomic mass is 9.84. The first kappa shape index (κ1) is 9.91. The zero-order chi connectivity index (χ0) is 11.2. The third-order valence-electron chi connectivity index (χ3n) is 2.79. The van der Waals surface area contributed by atoms with Crippen LogP contribution in [0.15, 0.2) is 5.57 Å². The maximum Gasteiger partial charge on any atom is 0.174 e. The summed E-state index contributed by atoms with van der Waals surface area (Å²) in [5.74, 6) is 1.59. The molecule has 78 valence electrons. The van der Waals surface area contributed by atoms with E-state index in [0.29, 0.717) is 5.57 Å². The van der Waals surface area contributed by atoms with Crippen molar-refractivity contribution in [1.82, 2.24) is 14.8 Å². The zero-order valence-corrected chi connectivity index (χ0v) is 9.50. The summed E-state index contributed by atoms with van der Waals surface area (Å²) in [6.07, 6.45) is 0. The van der Waals surface area contributed by atoms with Crippen LogP contribution in [0.1, 0.15) is 32.4 Å². The van der Waals surface area contributed by atoms with Crippen molar-refractivity contribution in [2.24, 2.45) is 5.41 Å². The van der Waals surface area contributed by atoms with Crippen molar-refractivity contribution >= 4 is 5.57 Å². The summed E-state index contributed by atoms with van der Waals surface area (Å²) in [5, 5.41) is 17.2. The van der Waals surface area contributed by atoms with Gasteiger partial charge in [0.2, 0.25) is 0 Å². The Bertz CT molecular complexity index is 480. The summed E-state index contributed by atoms with van der Waals surface area (Å²) < 4.78 is 2.00. The van der Waals surface area contributed by atoms with E-state index in [1.54, 1.807) is 0 Å². The summed E-state index contributed by atoms with van der Waals surface area (Å²) in [6.45, 7) is 9.02.